The molecule has 0 aliphatic rings. The van der Waals surface area contributed by atoms with Crippen LogP contribution in [-0.2, 0) is 0 Å². The van der Waals surface area contributed by atoms with E-state index < -0.39 is 0 Å². The van der Waals surface area contributed by atoms with Gasteiger partial charge in [-0.25, -0.2) is 0 Å². The van der Waals surface area contributed by atoms with Gasteiger partial charge in [-0.15, -0.1) is 0 Å². The maximum absolute atomic E-state index is 8.55. The van der Waals surface area contributed by atoms with E-state index in [0.29, 0.717) is 12.5 Å². The second kappa shape index (κ2) is 5.45. The largest absolute Gasteiger partial charge is 0.396 e. The average molecular weight is 134 g/mol. The van der Waals surface area contributed by atoms with Crippen LogP contribution in [0.5, 0.6) is 0 Å². The first-order valence-electron chi connectivity index (χ1n) is 2.99. The summed E-state index contributed by atoms with van der Waals surface area (Å²) in [5.74, 6) is 2.72. The highest BCUT2D eigenvalue weighted by atomic mass is 32.2. The van der Waals surface area contributed by atoms with Gasteiger partial charge in [0.25, 0.3) is 0 Å². The first kappa shape index (κ1) is 8.31. The molecule has 2 heteroatoms. The summed E-state index contributed by atoms with van der Waals surface area (Å²) in [6, 6.07) is 0. The van der Waals surface area contributed by atoms with Crippen LogP contribution in [0.4, 0.5) is 0 Å². The molecule has 0 saturated heterocycles. The standard InChI is InChI=1S/C6H14OS/c1-3-8-5-6(2)4-7/h6-7H,3-5H2,1-2H3. The molecule has 1 atom stereocenters. The summed E-state index contributed by atoms with van der Waals surface area (Å²) in [6.07, 6.45) is 0. The van der Waals surface area contributed by atoms with Crippen molar-refractivity contribution in [2.45, 2.75) is 13.8 Å². The number of aliphatic hydroxyl groups excluding tert-OH is 1. The van der Waals surface area contributed by atoms with E-state index >= 15 is 0 Å². The first-order chi connectivity index (χ1) is 3.81. The molecule has 0 bridgehead atoms. The maximum atomic E-state index is 8.55. The van der Waals surface area contributed by atoms with E-state index in [-0.39, 0.29) is 0 Å². The Labute approximate surface area is 55.5 Å². The molecule has 0 spiro atoms. The predicted octanol–water partition coefficient (Wildman–Crippen LogP) is 1.37. The van der Waals surface area contributed by atoms with Crippen LogP contribution in [0.25, 0.3) is 0 Å². The Morgan fingerprint density at radius 1 is 1.62 bits per heavy atom. The van der Waals surface area contributed by atoms with E-state index in [9.17, 15) is 0 Å². The highest BCUT2D eigenvalue weighted by Crippen LogP contribution is 2.05. The molecule has 0 aliphatic heterocycles. The molecule has 8 heavy (non-hydrogen) atoms. The van der Waals surface area contributed by atoms with Gasteiger partial charge in [0.15, 0.2) is 0 Å². The number of hydrogen-bond acceptors (Lipinski definition) is 2. The van der Waals surface area contributed by atoms with Crippen LogP contribution in [0.3, 0.4) is 0 Å². The van der Waals surface area contributed by atoms with Crippen molar-refractivity contribution in [3.05, 3.63) is 0 Å². The van der Waals surface area contributed by atoms with Gasteiger partial charge in [-0.2, -0.15) is 11.8 Å². The molecule has 0 aromatic rings. The molecule has 50 valence electrons. The Morgan fingerprint density at radius 3 is 2.62 bits per heavy atom. The van der Waals surface area contributed by atoms with E-state index in [1.165, 1.54) is 0 Å². The summed E-state index contributed by atoms with van der Waals surface area (Å²) in [7, 11) is 0. The van der Waals surface area contributed by atoms with Crippen LogP contribution >= 0.6 is 11.8 Å². The monoisotopic (exact) mass is 134 g/mol. The molecule has 0 saturated carbocycles. The molecule has 0 fully saturated rings. The van der Waals surface area contributed by atoms with Crippen molar-refractivity contribution < 1.29 is 5.11 Å². The van der Waals surface area contributed by atoms with Gasteiger partial charge in [-0.05, 0) is 17.4 Å². The molecule has 0 amide bonds. The summed E-state index contributed by atoms with van der Waals surface area (Å²) in [4.78, 5) is 0. The van der Waals surface area contributed by atoms with Crippen LogP contribution < -0.4 is 0 Å². The van der Waals surface area contributed by atoms with Crippen LogP contribution in [0.15, 0.2) is 0 Å². The van der Waals surface area contributed by atoms with E-state index in [1.807, 2.05) is 11.8 Å². The minimum absolute atomic E-state index is 0.326. The molecule has 0 heterocycles. The van der Waals surface area contributed by atoms with Crippen molar-refractivity contribution in [2.75, 3.05) is 18.1 Å². The van der Waals surface area contributed by atoms with Crippen molar-refractivity contribution >= 4 is 11.8 Å². The minimum Gasteiger partial charge on any atom is -0.396 e. The van der Waals surface area contributed by atoms with Crippen LogP contribution in [0.1, 0.15) is 13.8 Å². The number of aliphatic hydroxyl groups is 1. The Kier molecular flexibility index (Phi) is 5.66. The van der Waals surface area contributed by atoms with E-state index in [0.717, 1.165) is 11.5 Å². The van der Waals surface area contributed by atoms with Gasteiger partial charge < -0.3 is 5.11 Å². The fraction of sp³-hybridized carbons (Fsp3) is 1.00. The second-order valence-corrected chi connectivity index (χ2v) is 3.27. The normalized spacial score (nSPS) is 13.9. The van der Waals surface area contributed by atoms with Crippen molar-refractivity contribution in [2.24, 2.45) is 5.92 Å². The SMILES string of the molecule is CCSCC(C)CO. The quantitative estimate of drug-likeness (QED) is 0.626. The molecule has 0 aromatic carbocycles. The van der Waals surface area contributed by atoms with Crippen LogP contribution in [0.2, 0.25) is 0 Å². The predicted molar refractivity (Wildman–Crippen MR) is 39.2 cm³/mol. The van der Waals surface area contributed by atoms with Crippen molar-refractivity contribution in [1.29, 1.82) is 0 Å². The molecule has 0 aromatic heterocycles. The lowest BCUT2D eigenvalue weighted by molar-refractivity contribution is 0.250. The third-order valence-corrected chi connectivity index (χ3v) is 2.13. The Balaban J connectivity index is 2.86. The zero-order chi connectivity index (χ0) is 6.41. The van der Waals surface area contributed by atoms with E-state index in [2.05, 4.69) is 13.8 Å². The number of rotatable bonds is 4. The van der Waals surface area contributed by atoms with Crippen molar-refractivity contribution in [3.63, 3.8) is 0 Å². The molecular weight excluding hydrogens is 120 g/mol. The topological polar surface area (TPSA) is 20.2 Å². The highest BCUT2D eigenvalue weighted by Gasteiger charge is 1.96. The lowest BCUT2D eigenvalue weighted by atomic mass is 10.2. The van der Waals surface area contributed by atoms with Crippen LogP contribution in [0, 0.1) is 5.92 Å². The van der Waals surface area contributed by atoms with Gasteiger partial charge in [0, 0.05) is 6.61 Å². The van der Waals surface area contributed by atoms with Crippen molar-refractivity contribution in [1.82, 2.24) is 0 Å². The molecule has 0 radical (unpaired) electrons. The third kappa shape index (κ3) is 4.47. The summed E-state index contributed by atoms with van der Waals surface area (Å²) in [5.41, 5.74) is 0. The number of hydrogen-bond donors (Lipinski definition) is 1. The van der Waals surface area contributed by atoms with Gasteiger partial charge in [0.2, 0.25) is 0 Å². The fourth-order valence-corrected chi connectivity index (χ4v) is 1.12. The zero-order valence-corrected chi connectivity index (χ0v) is 6.37. The molecule has 0 aliphatic carbocycles. The highest BCUT2D eigenvalue weighted by molar-refractivity contribution is 7.99. The van der Waals surface area contributed by atoms with E-state index in [1.54, 1.807) is 0 Å². The van der Waals surface area contributed by atoms with Gasteiger partial charge in [0.05, 0.1) is 0 Å². The second-order valence-electron chi connectivity index (χ2n) is 1.95. The Hall–Kier alpha value is 0.310. The van der Waals surface area contributed by atoms with Crippen molar-refractivity contribution in [3.8, 4) is 0 Å². The minimum atomic E-state index is 0.326. The molecule has 1 nitrogen and oxygen atoms in total. The van der Waals surface area contributed by atoms with E-state index in [4.69, 9.17) is 5.11 Å². The van der Waals surface area contributed by atoms with Gasteiger partial charge in [-0.3, -0.25) is 0 Å². The molecule has 0 rings (SSSR count). The Bertz CT molecular complexity index is 47.8. The third-order valence-electron chi connectivity index (χ3n) is 0.918. The lowest BCUT2D eigenvalue weighted by Gasteiger charge is -2.03. The Morgan fingerprint density at radius 2 is 2.25 bits per heavy atom. The van der Waals surface area contributed by atoms with Gasteiger partial charge >= 0.3 is 0 Å². The summed E-state index contributed by atoms with van der Waals surface area (Å²) >= 11 is 1.88. The number of thioether (sulfide) groups is 1. The molecule has 1 unspecified atom stereocenters. The van der Waals surface area contributed by atoms with Gasteiger partial charge in [0.1, 0.15) is 0 Å². The first-order valence-corrected chi connectivity index (χ1v) is 4.15. The van der Waals surface area contributed by atoms with Crippen LogP contribution in [-0.4, -0.2) is 23.2 Å². The smallest absolute Gasteiger partial charge is 0.0464 e. The molecule has 1 N–H and O–H groups in total. The fourth-order valence-electron chi connectivity index (χ4n) is 0.372. The molecular formula is C6H14OS. The summed E-state index contributed by atoms with van der Waals surface area (Å²) in [5, 5.41) is 8.55. The summed E-state index contributed by atoms with van der Waals surface area (Å²) in [6.45, 7) is 4.52. The maximum Gasteiger partial charge on any atom is 0.0464 e. The van der Waals surface area contributed by atoms with Gasteiger partial charge in [-0.1, -0.05) is 13.8 Å². The summed E-state index contributed by atoms with van der Waals surface area (Å²) < 4.78 is 0. The zero-order valence-electron chi connectivity index (χ0n) is 5.55. The lowest BCUT2D eigenvalue weighted by Crippen LogP contribution is -2.03. The average Bonchev–Trinajstić information content (AvgIpc) is 1.83.